The first-order valence-electron chi connectivity index (χ1n) is 4.63. The van der Waals surface area contributed by atoms with Gasteiger partial charge in [-0.05, 0) is 12.1 Å². The average Bonchev–Trinajstić information content (AvgIpc) is 2.28. The summed E-state index contributed by atoms with van der Waals surface area (Å²) in [7, 11) is 2.96. The molecular weight excluding hydrogens is 208 g/mol. The van der Waals surface area contributed by atoms with E-state index in [0.717, 1.165) is 0 Å². The molecule has 1 aromatic carbocycles. The zero-order valence-corrected chi connectivity index (χ0v) is 9.06. The molecule has 0 saturated heterocycles. The van der Waals surface area contributed by atoms with Crippen molar-refractivity contribution < 1.29 is 14.4 Å². The second-order valence-corrected chi connectivity index (χ2v) is 3.36. The number of amides is 2. The van der Waals surface area contributed by atoms with Crippen LogP contribution in [0.3, 0.4) is 0 Å². The minimum atomic E-state index is -0.765. The number of para-hydroxylation sites is 1. The van der Waals surface area contributed by atoms with Crippen LogP contribution < -0.4 is 5.32 Å². The predicted molar refractivity (Wildman–Crippen MR) is 59.2 cm³/mol. The van der Waals surface area contributed by atoms with Gasteiger partial charge in [-0.3, -0.25) is 14.4 Å². The topological polar surface area (TPSA) is 66.5 Å². The summed E-state index contributed by atoms with van der Waals surface area (Å²) in [6, 6.07) is 6.46. The number of benzene rings is 1. The molecule has 0 aromatic heterocycles. The molecule has 0 aliphatic heterocycles. The van der Waals surface area contributed by atoms with Crippen LogP contribution in [0.5, 0.6) is 0 Å². The lowest BCUT2D eigenvalue weighted by atomic mass is 10.2. The molecule has 0 radical (unpaired) electrons. The van der Waals surface area contributed by atoms with Crippen LogP contribution >= 0.6 is 0 Å². The first-order valence-corrected chi connectivity index (χ1v) is 4.63. The van der Waals surface area contributed by atoms with E-state index in [4.69, 9.17) is 0 Å². The number of nitrogens with zero attached hydrogens (tertiary/aromatic N) is 1. The van der Waals surface area contributed by atoms with E-state index in [1.54, 1.807) is 24.3 Å². The van der Waals surface area contributed by atoms with Crippen LogP contribution in [0.4, 0.5) is 5.69 Å². The van der Waals surface area contributed by atoms with Gasteiger partial charge >= 0.3 is 11.8 Å². The van der Waals surface area contributed by atoms with E-state index in [2.05, 4.69) is 5.32 Å². The maximum Gasteiger partial charge on any atom is 0.313 e. The minimum Gasteiger partial charge on any atom is -0.341 e. The normalized spacial score (nSPS) is 9.38. The summed E-state index contributed by atoms with van der Waals surface area (Å²) in [5.41, 5.74) is 0.667. The molecule has 0 aliphatic carbocycles. The quantitative estimate of drug-likeness (QED) is 0.584. The highest BCUT2D eigenvalue weighted by Crippen LogP contribution is 2.12. The lowest BCUT2D eigenvalue weighted by molar-refractivity contribution is -0.141. The van der Waals surface area contributed by atoms with Crippen LogP contribution in [0.1, 0.15) is 10.4 Å². The fourth-order valence-electron chi connectivity index (χ4n) is 1.09. The number of hydrogen-bond donors (Lipinski definition) is 1. The molecule has 16 heavy (non-hydrogen) atoms. The van der Waals surface area contributed by atoms with Gasteiger partial charge in [-0.1, -0.05) is 12.1 Å². The van der Waals surface area contributed by atoms with Gasteiger partial charge in [-0.25, -0.2) is 0 Å². The van der Waals surface area contributed by atoms with Crippen LogP contribution in [-0.4, -0.2) is 37.1 Å². The Morgan fingerprint density at radius 1 is 1.25 bits per heavy atom. The first kappa shape index (κ1) is 11.9. The Labute approximate surface area is 93.1 Å². The Morgan fingerprint density at radius 2 is 1.88 bits per heavy atom. The zero-order chi connectivity index (χ0) is 12.1. The molecule has 1 aromatic rings. The summed E-state index contributed by atoms with van der Waals surface area (Å²) in [5.74, 6) is -1.43. The van der Waals surface area contributed by atoms with E-state index in [-0.39, 0.29) is 0 Å². The molecule has 0 saturated carbocycles. The molecule has 5 nitrogen and oxygen atoms in total. The van der Waals surface area contributed by atoms with Crippen LogP contribution in [0.25, 0.3) is 0 Å². The van der Waals surface area contributed by atoms with Gasteiger partial charge in [0.15, 0.2) is 6.29 Å². The highest BCUT2D eigenvalue weighted by Gasteiger charge is 2.16. The van der Waals surface area contributed by atoms with Crippen molar-refractivity contribution in [3.8, 4) is 0 Å². The Morgan fingerprint density at radius 3 is 2.44 bits per heavy atom. The summed E-state index contributed by atoms with van der Waals surface area (Å²) in [5, 5.41) is 2.38. The summed E-state index contributed by atoms with van der Waals surface area (Å²) in [6.45, 7) is 0. The number of rotatable bonds is 2. The van der Waals surface area contributed by atoms with Crippen molar-refractivity contribution >= 4 is 23.8 Å². The van der Waals surface area contributed by atoms with Crippen LogP contribution in [0.2, 0.25) is 0 Å². The van der Waals surface area contributed by atoms with Gasteiger partial charge in [0.1, 0.15) is 0 Å². The number of carbonyl (C=O) groups is 3. The predicted octanol–water partition coefficient (Wildman–Crippen LogP) is 0.526. The Kier molecular flexibility index (Phi) is 3.77. The summed E-state index contributed by atoms with van der Waals surface area (Å²) < 4.78 is 0. The second-order valence-electron chi connectivity index (χ2n) is 3.36. The van der Waals surface area contributed by atoms with Crippen molar-refractivity contribution in [2.24, 2.45) is 0 Å². The SMILES string of the molecule is CN(C)C(=O)C(=O)Nc1ccccc1C=O. The number of anilines is 1. The van der Waals surface area contributed by atoms with E-state index in [0.29, 0.717) is 17.5 Å². The molecule has 2 amide bonds. The third-order valence-corrected chi connectivity index (χ3v) is 1.94. The molecule has 0 aliphatic rings. The fraction of sp³-hybridized carbons (Fsp3) is 0.182. The fourth-order valence-corrected chi connectivity index (χ4v) is 1.09. The largest absolute Gasteiger partial charge is 0.341 e. The molecule has 1 N–H and O–H groups in total. The van der Waals surface area contributed by atoms with E-state index < -0.39 is 11.8 Å². The Bertz CT molecular complexity index is 427. The van der Waals surface area contributed by atoms with Crippen molar-refractivity contribution in [3.63, 3.8) is 0 Å². The van der Waals surface area contributed by atoms with Gasteiger partial charge in [0, 0.05) is 19.7 Å². The number of nitrogens with one attached hydrogen (secondary N) is 1. The van der Waals surface area contributed by atoms with Gasteiger partial charge in [-0.2, -0.15) is 0 Å². The first-order chi connectivity index (χ1) is 7.56. The molecule has 0 unspecified atom stereocenters. The summed E-state index contributed by atoms with van der Waals surface area (Å²) in [4.78, 5) is 34.5. The van der Waals surface area contributed by atoms with Gasteiger partial charge < -0.3 is 10.2 Å². The highest BCUT2D eigenvalue weighted by atomic mass is 16.2. The zero-order valence-electron chi connectivity index (χ0n) is 9.06. The molecule has 1 rings (SSSR count). The molecule has 0 atom stereocenters. The van der Waals surface area contributed by atoms with Crippen LogP contribution in [-0.2, 0) is 9.59 Å². The maximum atomic E-state index is 11.4. The van der Waals surface area contributed by atoms with Crippen molar-refractivity contribution in [1.82, 2.24) is 4.90 Å². The van der Waals surface area contributed by atoms with Crippen molar-refractivity contribution in [2.45, 2.75) is 0 Å². The molecule has 0 bridgehead atoms. The van der Waals surface area contributed by atoms with Crippen LogP contribution in [0.15, 0.2) is 24.3 Å². The third-order valence-electron chi connectivity index (χ3n) is 1.94. The summed E-state index contributed by atoms with van der Waals surface area (Å²) in [6.07, 6.45) is 0.621. The van der Waals surface area contributed by atoms with Gasteiger partial charge in [-0.15, -0.1) is 0 Å². The van der Waals surface area contributed by atoms with Crippen molar-refractivity contribution in [2.75, 3.05) is 19.4 Å². The Balaban J connectivity index is 2.85. The monoisotopic (exact) mass is 220 g/mol. The summed E-state index contributed by atoms with van der Waals surface area (Å²) >= 11 is 0. The lowest BCUT2D eigenvalue weighted by Crippen LogP contribution is -2.34. The average molecular weight is 220 g/mol. The van der Waals surface area contributed by atoms with E-state index in [1.807, 2.05) is 0 Å². The van der Waals surface area contributed by atoms with Gasteiger partial charge in [0.25, 0.3) is 0 Å². The number of hydrogen-bond acceptors (Lipinski definition) is 3. The van der Waals surface area contributed by atoms with Crippen LogP contribution in [0, 0.1) is 0 Å². The molecule has 0 heterocycles. The Hall–Kier alpha value is -2.17. The third kappa shape index (κ3) is 2.66. The number of carbonyl (C=O) groups excluding carboxylic acids is 3. The van der Waals surface area contributed by atoms with Crippen molar-refractivity contribution in [1.29, 1.82) is 0 Å². The molecule has 84 valence electrons. The van der Waals surface area contributed by atoms with Gasteiger partial charge in [0.05, 0.1) is 5.69 Å². The molecule has 0 spiro atoms. The van der Waals surface area contributed by atoms with E-state index in [1.165, 1.54) is 19.0 Å². The standard InChI is InChI=1S/C11H12N2O3/c1-13(2)11(16)10(15)12-9-6-4-3-5-8(9)7-14/h3-7H,1-2H3,(H,12,15). The smallest absolute Gasteiger partial charge is 0.313 e. The number of likely N-dealkylation sites (N-methyl/N-ethyl adjacent to an activating group) is 1. The maximum absolute atomic E-state index is 11.4. The number of aldehydes is 1. The van der Waals surface area contributed by atoms with Crippen molar-refractivity contribution in [3.05, 3.63) is 29.8 Å². The minimum absolute atomic E-state index is 0.331. The van der Waals surface area contributed by atoms with Gasteiger partial charge in [0.2, 0.25) is 0 Å². The second kappa shape index (κ2) is 5.06. The van der Waals surface area contributed by atoms with E-state index >= 15 is 0 Å². The van der Waals surface area contributed by atoms with E-state index in [9.17, 15) is 14.4 Å². The lowest BCUT2D eigenvalue weighted by Gasteiger charge is -2.11. The molecular formula is C11H12N2O3. The molecule has 5 heteroatoms. The molecule has 0 fully saturated rings. The highest BCUT2D eigenvalue weighted by molar-refractivity contribution is 6.39.